The van der Waals surface area contributed by atoms with Crippen molar-refractivity contribution in [2.75, 3.05) is 17.2 Å². The summed E-state index contributed by atoms with van der Waals surface area (Å²) in [6, 6.07) is 14.1. The van der Waals surface area contributed by atoms with E-state index < -0.39 is 6.09 Å². The topological polar surface area (TPSA) is 67.4 Å². The molecule has 0 fully saturated rings. The van der Waals surface area contributed by atoms with Crippen LogP contribution in [0.1, 0.15) is 17.3 Å². The Morgan fingerprint density at radius 3 is 2.41 bits per heavy atom. The lowest BCUT2D eigenvalue weighted by atomic mass is 10.2. The Morgan fingerprint density at radius 1 is 1.05 bits per heavy atom. The van der Waals surface area contributed by atoms with Gasteiger partial charge in [0.05, 0.1) is 6.61 Å². The van der Waals surface area contributed by atoms with E-state index in [1.807, 2.05) is 24.3 Å². The van der Waals surface area contributed by atoms with E-state index in [1.165, 1.54) is 0 Å². The Bertz CT molecular complexity index is 671. The summed E-state index contributed by atoms with van der Waals surface area (Å²) in [4.78, 5) is 23.4. The fourth-order valence-electron chi connectivity index (χ4n) is 1.76. The molecule has 0 unspecified atom stereocenters. The van der Waals surface area contributed by atoms with Gasteiger partial charge in [-0.2, -0.15) is 0 Å². The van der Waals surface area contributed by atoms with E-state index in [2.05, 4.69) is 33.2 Å². The molecule has 2 aromatic carbocycles. The Labute approximate surface area is 142 Å². The molecule has 2 amide bonds. The van der Waals surface area contributed by atoms with E-state index in [0.717, 1.165) is 9.26 Å². The number of anilines is 2. The minimum Gasteiger partial charge on any atom is -0.450 e. The van der Waals surface area contributed by atoms with Crippen LogP contribution in [0.2, 0.25) is 0 Å². The highest BCUT2D eigenvalue weighted by Gasteiger charge is 2.07. The minimum atomic E-state index is -0.515. The normalized spacial score (nSPS) is 9.91. The van der Waals surface area contributed by atoms with Crippen LogP contribution >= 0.6 is 22.6 Å². The van der Waals surface area contributed by atoms with Crippen LogP contribution < -0.4 is 10.6 Å². The summed E-state index contributed by atoms with van der Waals surface area (Å²) in [6.45, 7) is 2.04. The average molecular weight is 410 g/mol. The predicted molar refractivity (Wildman–Crippen MR) is 94.2 cm³/mol. The van der Waals surface area contributed by atoms with E-state index in [1.54, 1.807) is 31.2 Å². The molecule has 0 aliphatic carbocycles. The number of carbonyl (C=O) groups excluding carboxylic acids is 2. The van der Waals surface area contributed by atoms with Crippen molar-refractivity contribution in [3.63, 3.8) is 0 Å². The first-order valence-electron chi connectivity index (χ1n) is 6.69. The maximum absolute atomic E-state index is 12.1. The number of carbonyl (C=O) groups is 2. The molecule has 2 rings (SSSR count). The van der Waals surface area contributed by atoms with Gasteiger partial charge in [-0.3, -0.25) is 10.1 Å². The smallest absolute Gasteiger partial charge is 0.411 e. The molecule has 2 aromatic rings. The molecular formula is C16H15IN2O3. The van der Waals surface area contributed by atoms with Crippen molar-refractivity contribution >= 4 is 46.0 Å². The number of hydrogen-bond donors (Lipinski definition) is 2. The number of rotatable bonds is 4. The van der Waals surface area contributed by atoms with Crippen LogP contribution in [0.3, 0.4) is 0 Å². The van der Waals surface area contributed by atoms with Crippen LogP contribution in [0, 0.1) is 3.57 Å². The van der Waals surface area contributed by atoms with Crippen molar-refractivity contribution in [2.45, 2.75) is 6.92 Å². The third-order valence-corrected chi connectivity index (χ3v) is 3.42. The van der Waals surface area contributed by atoms with Crippen molar-refractivity contribution in [3.8, 4) is 0 Å². The Balaban J connectivity index is 2.00. The molecule has 0 spiro atoms. The third-order valence-electron chi connectivity index (χ3n) is 2.75. The lowest BCUT2D eigenvalue weighted by Gasteiger charge is -2.08. The van der Waals surface area contributed by atoms with Crippen molar-refractivity contribution in [2.24, 2.45) is 0 Å². The van der Waals surface area contributed by atoms with Gasteiger partial charge < -0.3 is 10.1 Å². The lowest BCUT2D eigenvalue weighted by Crippen LogP contribution is -2.14. The van der Waals surface area contributed by atoms with Crippen LogP contribution in [-0.2, 0) is 4.74 Å². The number of amides is 2. The third kappa shape index (κ3) is 4.73. The zero-order valence-electron chi connectivity index (χ0n) is 11.9. The van der Waals surface area contributed by atoms with Gasteiger partial charge in [0.25, 0.3) is 5.91 Å². The molecule has 0 saturated heterocycles. The van der Waals surface area contributed by atoms with E-state index in [9.17, 15) is 9.59 Å². The molecule has 2 N–H and O–H groups in total. The monoisotopic (exact) mass is 410 g/mol. The van der Waals surface area contributed by atoms with E-state index in [0.29, 0.717) is 17.9 Å². The fourth-order valence-corrected chi connectivity index (χ4v) is 2.30. The second-order valence-electron chi connectivity index (χ2n) is 4.39. The van der Waals surface area contributed by atoms with Gasteiger partial charge in [-0.15, -0.1) is 0 Å². The van der Waals surface area contributed by atoms with Crippen molar-refractivity contribution < 1.29 is 14.3 Å². The average Bonchev–Trinajstić information content (AvgIpc) is 2.48. The molecule has 0 atom stereocenters. The van der Waals surface area contributed by atoms with Gasteiger partial charge in [-0.05, 0) is 72.0 Å². The summed E-state index contributed by atoms with van der Waals surface area (Å²) in [6.07, 6.45) is -0.515. The first-order valence-corrected chi connectivity index (χ1v) is 7.77. The molecule has 0 heterocycles. The van der Waals surface area contributed by atoms with Gasteiger partial charge in [0.1, 0.15) is 0 Å². The van der Waals surface area contributed by atoms with Crippen LogP contribution in [0.25, 0.3) is 0 Å². The summed E-state index contributed by atoms with van der Waals surface area (Å²) in [5, 5.41) is 5.40. The van der Waals surface area contributed by atoms with Crippen LogP contribution in [-0.4, -0.2) is 18.6 Å². The Kier molecular flexibility index (Phi) is 5.76. The maximum atomic E-state index is 12.1. The summed E-state index contributed by atoms with van der Waals surface area (Å²) < 4.78 is 5.83. The lowest BCUT2D eigenvalue weighted by molar-refractivity contribution is 0.102. The molecule has 114 valence electrons. The van der Waals surface area contributed by atoms with Gasteiger partial charge in [0.15, 0.2) is 0 Å². The quantitative estimate of drug-likeness (QED) is 0.746. The van der Waals surface area contributed by atoms with E-state index >= 15 is 0 Å². The first-order chi connectivity index (χ1) is 10.6. The van der Waals surface area contributed by atoms with Crippen LogP contribution in [0.5, 0.6) is 0 Å². The number of halogens is 1. The van der Waals surface area contributed by atoms with E-state index in [-0.39, 0.29) is 5.91 Å². The van der Waals surface area contributed by atoms with Crippen molar-refractivity contribution in [1.29, 1.82) is 0 Å². The SMILES string of the molecule is CCOC(=O)Nc1ccc(C(=O)Nc2cccc(I)c2)cc1. The minimum absolute atomic E-state index is 0.204. The number of ether oxygens (including phenoxy) is 1. The van der Waals surface area contributed by atoms with Gasteiger partial charge in [0.2, 0.25) is 0 Å². The molecule has 5 nitrogen and oxygen atoms in total. The second kappa shape index (κ2) is 7.79. The number of nitrogens with one attached hydrogen (secondary N) is 2. The summed E-state index contributed by atoms with van der Waals surface area (Å²) >= 11 is 2.19. The largest absolute Gasteiger partial charge is 0.450 e. The maximum Gasteiger partial charge on any atom is 0.411 e. The van der Waals surface area contributed by atoms with Crippen molar-refractivity contribution in [1.82, 2.24) is 0 Å². The fraction of sp³-hybridized carbons (Fsp3) is 0.125. The zero-order valence-corrected chi connectivity index (χ0v) is 14.1. The van der Waals surface area contributed by atoms with Gasteiger partial charge in [-0.1, -0.05) is 6.07 Å². The first kappa shape index (κ1) is 16.3. The summed E-state index contributed by atoms with van der Waals surface area (Å²) in [7, 11) is 0. The molecule has 6 heteroatoms. The molecule has 22 heavy (non-hydrogen) atoms. The molecule has 0 aliphatic heterocycles. The second-order valence-corrected chi connectivity index (χ2v) is 5.63. The molecule has 0 radical (unpaired) electrons. The highest BCUT2D eigenvalue weighted by Crippen LogP contribution is 2.15. The standard InChI is InChI=1S/C16H15IN2O3/c1-2-22-16(21)19-13-8-6-11(7-9-13)15(20)18-14-5-3-4-12(17)10-14/h3-10H,2H2,1H3,(H,18,20)(H,19,21). The van der Waals surface area contributed by atoms with Crippen molar-refractivity contribution in [3.05, 3.63) is 57.7 Å². The van der Waals surface area contributed by atoms with E-state index in [4.69, 9.17) is 4.74 Å². The van der Waals surface area contributed by atoms with Gasteiger partial charge in [0, 0.05) is 20.5 Å². The molecule has 0 bridgehead atoms. The van der Waals surface area contributed by atoms with Crippen LogP contribution in [0.4, 0.5) is 16.2 Å². The predicted octanol–water partition coefficient (Wildman–Crippen LogP) is 4.11. The highest BCUT2D eigenvalue weighted by molar-refractivity contribution is 14.1. The Hall–Kier alpha value is -2.09. The van der Waals surface area contributed by atoms with Gasteiger partial charge in [-0.25, -0.2) is 4.79 Å². The van der Waals surface area contributed by atoms with Crippen LogP contribution in [0.15, 0.2) is 48.5 Å². The zero-order chi connectivity index (χ0) is 15.9. The highest BCUT2D eigenvalue weighted by atomic mass is 127. The molecule has 0 aromatic heterocycles. The van der Waals surface area contributed by atoms with Gasteiger partial charge >= 0.3 is 6.09 Å². The summed E-state index contributed by atoms with van der Waals surface area (Å²) in [5.74, 6) is -0.204. The molecular weight excluding hydrogens is 395 g/mol. The number of hydrogen-bond acceptors (Lipinski definition) is 3. The molecule has 0 saturated carbocycles. The summed E-state index contributed by atoms with van der Waals surface area (Å²) in [5.41, 5.74) is 1.82. The molecule has 0 aliphatic rings. The Morgan fingerprint density at radius 2 is 1.77 bits per heavy atom. The number of benzene rings is 2.